The first kappa shape index (κ1) is 14.7. The molecule has 2 rings (SSSR count). The van der Waals surface area contributed by atoms with Crippen LogP contribution < -0.4 is 15.8 Å². The van der Waals surface area contributed by atoms with Gasteiger partial charge in [-0.25, -0.2) is 0 Å². The summed E-state index contributed by atoms with van der Waals surface area (Å²) in [6, 6.07) is 10.2. The molecule has 2 aromatic rings. The number of carbonyl (C=O) groups excluding carboxylic acids is 1. The summed E-state index contributed by atoms with van der Waals surface area (Å²) in [7, 11) is 1.56. The second-order valence-corrected chi connectivity index (χ2v) is 5.34. The lowest BCUT2D eigenvalue weighted by Gasteiger charge is -2.10. The topological polar surface area (TPSA) is 64.3 Å². The molecular formula is C14H12BrClN2O2. The minimum absolute atomic E-state index is 0.243. The number of amides is 1. The predicted octanol–water partition coefficient (Wildman–Crippen LogP) is 3.95. The van der Waals surface area contributed by atoms with Crippen LogP contribution in [0.5, 0.6) is 5.75 Å². The van der Waals surface area contributed by atoms with E-state index in [9.17, 15) is 4.79 Å². The molecule has 0 bridgehead atoms. The van der Waals surface area contributed by atoms with E-state index in [0.29, 0.717) is 22.7 Å². The first-order valence-corrected chi connectivity index (χ1v) is 6.88. The maximum Gasteiger partial charge on any atom is 0.257 e. The van der Waals surface area contributed by atoms with Crippen molar-refractivity contribution in [3.63, 3.8) is 0 Å². The van der Waals surface area contributed by atoms with E-state index < -0.39 is 0 Å². The molecule has 0 spiro atoms. The summed E-state index contributed by atoms with van der Waals surface area (Å²) >= 11 is 9.37. The number of nitrogen functional groups attached to an aromatic ring is 1. The van der Waals surface area contributed by atoms with Gasteiger partial charge in [-0.2, -0.15) is 0 Å². The normalized spacial score (nSPS) is 10.2. The van der Waals surface area contributed by atoms with E-state index in [4.69, 9.17) is 22.1 Å². The Kier molecular flexibility index (Phi) is 4.52. The van der Waals surface area contributed by atoms with Crippen LogP contribution in [0.4, 0.5) is 11.4 Å². The van der Waals surface area contributed by atoms with E-state index in [1.165, 1.54) is 0 Å². The highest BCUT2D eigenvalue weighted by molar-refractivity contribution is 9.10. The molecule has 1 amide bonds. The molecule has 0 fully saturated rings. The molecule has 0 heterocycles. The maximum atomic E-state index is 12.2. The molecule has 0 atom stereocenters. The summed E-state index contributed by atoms with van der Waals surface area (Å²) in [5, 5.41) is 3.00. The Hall–Kier alpha value is -1.72. The second kappa shape index (κ2) is 6.15. The summed E-state index contributed by atoms with van der Waals surface area (Å²) in [4.78, 5) is 12.2. The lowest BCUT2D eigenvalue weighted by atomic mass is 10.2. The molecule has 0 aliphatic heterocycles. The van der Waals surface area contributed by atoms with Crippen LogP contribution in [-0.4, -0.2) is 13.0 Å². The van der Waals surface area contributed by atoms with Crippen LogP contribution in [0.15, 0.2) is 40.9 Å². The molecule has 0 saturated heterocycles. The van der Waals surface area contributed by atoms with Crippen molar-refractivity contribution in [1.82, 2.24) is 0 Å². The molecule has 6 heteroatoms. The van der Waals surface area contributed by atoms with E-state index in [2.05, 4.69) is 21.2 Å². The van der Waals surface area contributed by atoms with Gasteiger partial charge in [0.25, 0.3) is 5.91 Å². The first-order valence-electron chi connectivity index (χ1n) is 5.71. The zero-order valence-corrected chi connectivity index (χ0v) is 13.0. The van der Waals surface area contributed by atoms with E-state index >= 15 is 0 Å². The van der Waals surface area contributed by atoms with Gasteiger partial charge in [-0.05, 0) is 24.3 Å². The van der Waals surface area contributed by atoms with Gasteiger partial charge in [-0.15, -0.1) is 0 Å². The molecule has 0 aromatic heterocycles. The summed E-state index contributed by atoms with van der Waals surface area (Å²) < 4.78 is 5.94. The molecule has 0 radical (unpaired) electrons. The number of nitrogens with one attached hydrogen (secondary N) is 1. The van der Waals surface area contributed by atoms with Crippen LogP contribution in [0.1, 0.15) is 10.4 Å². The van der Waals surface area contributed by atoms with E-state index in [0.717, 1.165) is 4.47 Å². The first-order chi connectivity index (χ1) is 9.51. The van der Waals surface area contributed by atoms with Crippen molar-refractivity contribution < 1.29 is 9.53 Å². The van der Waals surface area contributed by atoms with Crippen molar-refractivity contribution in [1.29, 1.82) is 0 Å². The molecule has 4 nitrogen and oxygen atoms in total. The van der Waals surface area contributed by atoms with Crippen LogP contribution in [0.2, 0.25) is 5.02 Å². The standard InChI is InChI=1S/C14H12BrClN2O2/c1-20-10-6-8(15)5-9(7-10)18-14(19)11-3-2-4-12(17)13(11)16/h2-7H,17H2,1H3,(H,18,19). The molecule has 3 N–H and O–H groups in total. The van der Waals surface area contributed by atoms with Gasteiger partial charge in [0, 0.05) is 16.2 Å². The van der Waals surface area contributed by atoms with E-state index in [1.54, 1.807) is 43.5 Å². The van der Waals surface area contributed by atoms with Crippen LogP contribution in [-0.2, 0) is 0 Å². The number of ether oxygens (including phenoxy) is 1. The van der Waals surface area contributed by atoms with Crippen LogP contribution in [0.3, 0.4) is 0 Å². The highest BCUT2D eigenvalue weighted by atomic mass is 79.9. The van der Waals surface area contributed by atoms with Crippen LogP contribution >= 0.6 is 27.5 Å². The number of rotatable bonds is 3. The molecular weight excluding hydrogens is 344 g/mol. The SMILES string of the molecule is COc1cc(Br)cc(NC(=O)c2cccc(N)c2Cl)c1. The fraction of sp³-hybridized carbons (Fsp3) is 0.0714. The highest BCUT2D eigenvalue weighted by Gasteiger charge is 2.13. The highest BCUT2D eigenvalue weighted by Crippen LogP contribution is 2.27. The smallest absolute Gasteiger partial charge is 0.257 e. The molecule has 20 heavy (non-hydrogen) atoms. The Morgan fingerprint density at radius 2 is 2.10 bits per heavy atom. The van der Waals surface area contributed by atoms with Gasteiger partial charge in [0.15, 0.2) is 0 Å². The molecule has 0 unspecified atom stereocenters. The Morgan fingerprint density at radius 1 is 1.35 bits per heavy atom. The van der Waals surface area contributed by atoms with Crippen LogP contribution in [0.25, 0.3) is 0 Å². The van der Waals surface area contributed by atoms with Gasteiger partial charge in [-0.1, -0.05) is 33.6 Å². The monoisotopic (exact) mass is 354 g/mol. The Morgan fingerprint density at radius 3 is 2.80 bits per heavy atom. The van der Waals surface area contributed by atoms with E-state index in [-0.39, 0.29) is 10.9 Å². The summed E-state index contributed by atoms with van der Waals surface area (Å²) in [6.45, 7) is 0. The third kappa shape index (κ3) is 3.23. The number of hydrogen-bond donors (Lipinski definition) is 2. The maximum absolute atomic E-state index is 12.2. The summed E-state index contributed by atoms with van der Waals surface area (Å²) in [5.74, 6) is 0.302. The van der Waals surface area contributed by atoms with Crippen LogP contribution in [0, 0.1) is 0 Å². The average molecular weight is 356 g/mol. The van der Waals surface area contributed by atoms with Gasteiger partial charge in [0.2, 0.25) is 0 Å². The zero-order chi connectivity index (χ0) is 14.7. The largest absolute Gasteiger partial charge is 0.497 e. The summed E-state index contributed by atoms with van der Waals surface area (Å²) in [6.07, 6.45) is 0. The second-order valence-electron chi connectivity index (χ2n) is 4.04. The van der Waals surface area contributed by atoms with Gasteiger partial charge in [0.05, 0.1) is 23.4 Å². The lowest BCUT2D eigenvalue weighted by molar-refractivity contribution is 0.102. The molecule has 104 valence electrons. The number of hydrogen-bond acceptors (Lipinski definition) is 3. The van der Waals surface area contributed by atoms with Crippen molar-refractivity contribution in [3.8, 4) is 5.75 Å². The number of halogens is 2. The fourth-order valence-corrected chi connectivity index (χ4v) is 2.36. The molecule has 0 aliphatic carbocycles. The quantitative estimate of drug-likeness (QED) is 0.820. The summed E-state index contributed by atoms with van der Waals surface area (Å²) in [5.41, 5.74) is 6.97. The van der Waals surface area contributed by atoms with Crippen molar-refractivity contribution in [2.45, 2.75) is 0 Å². The molecule has 0 saturated carbocycles. The zero-order valence-electron chi connectivity index (χ0n) is 10.6. The molecule has 2 aromatic carbocycles. The number of anilines is 2. The van der Waals surface area contributed by atoms with Crippen molar-refractivity contribution in [2.75, 3.05) is 18.2 Å². The number of methoxy groups -OCH3 is 1. The van der Waals surface area contributed by atoms with Gasteiger partial charge in [0.1, 0.15) is 5.75 Å². The Bertz CT molecular complexity index is 662. The van der Waals surface area contributed by atoms with Crippen molar-refractivity contribution in [3.05, 3.63) is 51.5 Å². The lowest BCUT2D eigenvalue weighted by Crippen LogP contribution is -2.13. The molecule has 0 aliphatic rings. The van der Waals surface area contributed by atoms with Crippen molar-refractivity contribution >= 4 is 44.8 Å². The number of nitrogens with two attached hydrogens (primary N) is 1. The third-order valence-electron chi connectivity index (χ3n) is 2.64. The Balaban J connectivity index is 2.28. The minimum Gasteiger partial charge on any atom is -0.497 e. The number of benzene rings is 2. The number of carbonyl (C=O) groups is 1. The predicted molar refractivity (Wildman–Crippen MR) is 84.5 cm³/mol. The van der Waals surface area contributed by atoms with Gasteiger partial charge < -0.3 is 15.8 Å². The third-order valence-corrected chi connectivity index (χ3v) is 3.52. The van der Waals surface area contributed by atoms with Gasteiger partial charge in [-0.3, -0.25) is 4.79 Å². The van der Waals surface area contributed by atoms with Gasteiger partial charge >= 0.3 is 0 Å². The average Bonchev–Trinajstić information content (AvgIpc) is 2.41. The Labute approximate surface area is 130 Å². The van der Waals surface area contributed by atoms with Crippen molar-refractivity contribution in [2.24, 2.45) is 0 Å². The fourth-order valence-electron chi connectivity index (χ4n) is 1.68. The van der Waals surface area contributed by atoms with E-state index in [1.807, 2.05) is 0 Å². The minimum atomic E-state index is -0.331.